The van der Waals surface area contributed by atoms with Gasteiger partial charge in [-0.25, -0.2) is 4.79 Å². The Kier molecular flexibility index (Phi) is 7.00. The Hall–Kier alpha value is -1.19. The fraction of sp³-hybridized carbons (Fsp3) is 0.850. The van der Waals surface area contributed by atoms with Crippen LogP contribution in [0.3, 0.4) is 0 Å². The number of carbonyl (C=O) groups is 1. The molecule has 0 unspecified atom stereocenters. The second kappa shape index (κ2) is 8.77. The number of piperidine rings is 1. The topological polar surface area (TPSA) is 49.8 Å². The van der Waals surface area contributed by atoms with Gasteiger partial charge in [-0.2, -0.15) is 0 Å². The molecule has 24 heavy (non-hydrogen) atoms. The molecule has 1 amide bonds. The smallest absolute Gasteiger partial charge is 0.410 e. The van der Waals surface area contributed by atoms with E-state index in [0.29, 0.717) is 24.8 Å². The number of rotatable bonds is 2. The van der Waals surface area contributed by atoms with Crippen LogP contribution in [-0.2, 0) is 4.74 Å². The van der Waals surface area contributed by atoms with Gasteiger partial charge < -0.3 is 14.7 Å². The number of carbonyl (C=O) groups excluding carboxylic acids is 1. The molecule has 1 heterocycles. The van der Waals surface area contributed by atoms with Gasteiger partial charge in [0, 0.05) is 19.5 Å². The SMILES string of the molecule is CC(C)(C)OC(=O)N1CCC(=C(O)CC2CCCCCCC2)CC1. The average Bonchev–Trinajstić information content (AvgIpc) is 2.48. The molecular weight excluding hydrogens is 302 g/mol. The number of allylic oxidation sites excluding steroid dienone is 1. The third-order valence-corrected chi connectivity index (χ3v) is 5.13. The van der Waals surface area contributed by atoms with Gasteiger partial charge >= 0.3 is 6.09 Å². The second-order valence-electron chi connectivity index (χ2n) is 8.43. The monoisotopic (exact) mass is 337 g/mol. The molecule has 1 saturated carbocycles. The minimum Gasteiger partial charge on any atom is -0.512 e. The molecule has 2 aliphatic rings. The number of ether oxygens (including phenoxy) is 1. The summed E-state index contributed by atoms with van der Waals surface area (Å²) in [5.41, 5.74) is 0.699. The van der Waals surface area contributed by atoms with Crippen molar-refractivity contribution in [3.8, 4) is 0 Å². The summed E-state index contributed by atoms with van der Waals surface area (Å²) in [4.78, 5) is 13.9. The van der Waals surface area contributed by atoms with Crippen LogP contribution < -0.4 is 0 Å². The minimum atomic E-state index is -0.451. The molecule has 4 heteroatoms. The molecule has 1 aliphatic heterocycles. The summed E-state index contributed by atoms with van der Waals surface area (Å²) in [5.74, 6) is 1.24. The lowest BCUT2D eigenvalue weighted by Crippen LogP contribution is -2.40. The summed E-state index contributed by atoms with van der Waals surface area (Å²) < 4.78 is 5.43. The van der Waals surface area contributed by atoms with E-state index in [0.717, 1.165) is 24.8 Å². The van der Waals surface area contributed by atoms with Crippen LogP contribution >= 0.6 is 0 Å². The molecule has 1 saturated heterocycles. The van der Waals surface area contributed by atoms with E-state index in [2.05, 4.69) is 0 Å². The minimum absolute atomic E-state index is 0.235. The Labute approximate surface area is 147 Å². The van der Waals surface area contributed by atoms with Crippen LogP contribution in [0.15, 0.2) is 11.3 Å². The molecule has 0 aromatic carbocycles. The van der Waals surface area contributed by atoms with E-state index >= 15 is 0 Å². The first kappa shape index (κ1) is 19.1. The molecule has 0 radical (unpaired) electrons. The van der Waals surface area contributed by atoms with Crippen molar-refractivity contribution in [1.29, 1.82) is 0 Å². The third-order valence-electron chi connectivity index (χ3n) is 5.13. The third kappa shape index (κ3) is 6.37. The molecular formula is C20H35NO3. The van der Waals surface area contributed by atoms with Crippen LogP contribution in [0.4, 0.5) is 4.79 Å². The van der Waals surface area contributed by atoms with Crippen LogP contribution in [0, 0.1) is 5.92 Å². The number of hydrogen-bond donors (Lipinski definition) is 1. The van der Waals surface area contributed by atoms with E-state index < -0.39 is 5.60 Å². The Morgan fingerprint density at radius 3 is 2.17 bits per heavy atom. The van der Waals surface area contributed by atoms with Crippen molar-refractivity contribution < 1.29 is 14.6 Å². The van der Waals surface area contributed by atoms with Gasteiger partial charge in [-0.3, -0.25) is 0 Å². The number of aliphatic hydroxyl groups excluding tert-OH is 1. The number of amides is 1. The van der Waals surface area contributed by atoms with Gasteiger partial charge in [0.15, 0.2) is 0 Å². The van der Waals surface area contributed by atoms with Gasteiger partial charge in [0.25, 0.3) is 0 Å². The molecule has 2 fully saturated rings. The van der Waals surface area contributed by atoms with Crippen molar-refractivity contribution >= 4 is 6.09 Å². The highest BCUT2D eigenvalue weighted by atomic mass is 16.6. The molecule has 0 spiro atoms. The Morgan fingerprint density at radius 1 is 1.08 bits per heavy atom. The fourth-order valence-corrected chi connectivity index (χ4v) is 3.74. The first-order valence-electron chi connectivity index (χ1n) is 9.73. The predicted molar refractivity (Wildman–Crippen MR) is 97.1 cm³/mol. The highest BCUT2D eigenvalue weighted by molar-refractivity contribution is 5.68. The summed E-state index contributed by atoms with van der Waals surface area (Å²) in [6.07, 6.45) is 11.3. The Bertz CT molecular complexity index is 432. The van der Waals surface area contributed by atoms with Gasteiger partial charge in [-0.1, -0.05) is 44.9 Å². The summed E-state index contributed by atoms with van der Waals surface area (Å²) in [6, 6.07) is 0. The zero-order chi connectivity index (χ0) is 17.6. The van der Waals surface area contributed by atoms with E-state index in [-0.39, 0.29) is 6.09 Å². The quantitative estimate of drug-likeness (QED) is 0.669. The van der Waals surface area contributed by atoms with Gasteiger partial charge in [-0.15, -0.1) is 0 Å². The lowest BCUT2D eigenvalue weighted by molar-refractivity contribution is 0.0234. The lowest BCUT2D eigenvalue weighted by atomic mass is 9.87. The summed E-state index contributed by atoms with van der Waals surface area (Å²) in [7, 11) is 0. The maximum atomic E-state index is 12.1. The first-order valence-corrected chi connectivity index (χ1v) is 9.73. The molecule has 2 rings (SSSR count). The van der Waals surface area contributed by atoms with E-state index in [1.165, 1.54) is 44.9 Å². The molecule has 0 aromatic rings. The average molecular weight is 338 g/mol. The van der Waals surface area contributed by atoms with Gasteiger partial charge in [-0.05, 0) is 45.1 Å². The highest BCUT2D eigenvalue weighted by Gasteiger charge is 2.26. The van der Waals surface area contributed by atoms with Crippen LogP contribution in [0.1, 0.15) is 85.0 Å². The molecule has 0 aromatic heterocycles. The van der Waals surface area contributed by atoms with Crippen molar-refractivity contribution in [3.05, 3.63) is 11.3 Å². The van der Waals surface area contributed by atoms with Crippen LogP contribution in [0.5, 0.6) is 0 Å². The van der Waals surface area contributed by atoms with Gasteiger partial charge in [0.2, 0.25) is 0 Å². The van der Waals surface area contributed by atoms with E-state index in [9.17, 15) is 9.90 Å². The maximum absolute atomic E-state index is 12.1. The molecule has 1 aliphatic carbocycles. The van der Waals surface area contributed by atoms with Crippen molar-refractivity contribution in [2.75, 3.05) is 13.1 Å². The van der Waals surface area contributed by atoms with Crippen LogP contribution in [0.25, 0.3) is 0 Å². The van der Waals surface area contributed by atoms with Gasteiger partial charge in [0.1, 0.15) is 5.60 Å². The fourth-order valence-electron chi connectivity index (χ4n) is 3.74. The van der Waals surface area contributed by atoms with Crippen LogP contribution in [0.2, 0.25) is 0 Å². The standard InChI is InChI=1S/C20H35NO3/c1-20(2,3)24-19(23)21-13-11-17(12-14-21)18(22)15-16-9-7-5-4-6-8-10-16/h16,22H,4-15H2,1-3H3. The molecule has 138 valence electrons. The number of hydrogen-bond acceptors (Lipinski definition) is 3. The number of nitrogens with zero attached hydrogens (tertiary/aromatic N) is 1. The van der Waals surface area contributed by atoms with Gasteiger partial charge in [0.05, 0.1) is 5.76 Å². The van der Waals surface area contributed by atoms with Crippen molar-refractivity contribution in [2.24, 2.45) is 5.92 Å². The molecule has 1 N–H and O–H groups in total. The van der Waals surface area contributed by atoms with E-state index in [1.54, 1.807) is 4.90 Å². The second-order valence-corrected chi connectivity index (χ2v) is 8.43. The first-order chi connectivity index (χ1) is 11.3. The summed E-state index contributed by atoms with van der Waals surface area (Å²) in [5, 5.41) is 10.5. The lowest BCUT2D eigenvalue weighted by Gasteiger charge is -2.31. The normalized spacial score (nSPS) is 21.1. The molecule has 0 bridgehead atoms. The van der Waals surface area contributed by atoms with Crippen molar-refractivity contribution in [3.63, 3.8) is 0 Å². The molecule has 4 nitrogen and oxygen atoms in total. The molecule has 0 atom stereocenters. The predicted octanol–water partition coefficient (Wildman–Crippen LogP) is 5.58. The zero-order valence-electron chi connectivity index (χ0n) is 15.8. The van der Waals surface area contributed by atoms with Crippen molar-refractivity contribution in [1.82, 2.24) is 4.90 Å². The Morgan fingerprint density at radius 2 is 1.62 bits per heavy atom. The van der Waals surface area contributed by atoms with E-state index in [4.69, 9.17) is 4.74 Å². The van der Waals surface area contributed by atoms with E-state index in [1.807, 2.05) is 20.8 Å². The zero-order valence-corrected chi connectivity index (χ0v) is 15.8. The van der Waals surface area contributed by atoms with Crippen molar-refractivity contribution in [2.45, 2.75) is 90.6 Å². The number of likely N-dealkylation sites (tertiary alicyclic amines) is 1. The summed E-state index contributed by atoms with van der Waals surface area (Å²) in [6.45, 7) is 6.97. The highest BCUT2D eigenvalue weighted by Crippen LogP contribution is 2.30. The summed E-state index contributed by atoms with van der Waals surface area (Å²) >= 11 is 0. The number of aliphatic hydroxyl groups is 1. The maximum Gasteiger partial charge on any atom is 0.410 e. The largest absolute Gasteiger partial charge is 0.512 e. The van der Waals surface area contributed by atoms with Crippen LogP contribution in [-0.4, -0.2) is 34.8 Å². The Balaban J connectivity index is 1.82.